The summed E-state index contributed by atoms with van der Waals surface area (Å²) in [5, 5.41) is 0. The van der Waals surface area contributed by atoms with Gasteiger partial charge in [0.1, 0.15) is 5.75 Å². The Morgan fingerprint density at radius 3 is 2.85 bits per heavy atom. The van der Waals surface area contributed by atoms with Gasteiger partial charge >= 0.3 is 0 Å². The minimum absolute atomic E-state index is 0.684. The molecular formula is C9H14N2OS. The number of ether oxygens (including phenoxy) is 1. The number of anilines is 1. The van der Waals surface area contributed by atoms with Crippen molar-refractivity contribution in [1.29, 1.82) is 0 Å². The van der Waals surface area contributed by atoms with Crippen molar-refractivity contribution >= 4 is 17.4 Å². The molecule has 0 aliphatic rings. The second-order valence-corrected chi connectivity index (χ2v) is 3.29. The number of nitrogens with two attached hydrogens (primary N) is 1. The number of nitrogens with one attached hydrogen (secondary N) is 1. The predicted octanol–water partition coefficient (Wildman–Crippen LogP) is 2.09. The molecule has 0 saturated carbocycles. The van der Waals surface area contributed by atoms with Crippen molar-refractivity contribution in [2.45, 2.75) is 11.8 Å². The molecule has 13 heavy (non-hydrogen) atoms. The van der Waals surface area contributed by atoms with Gasteiger partial charge in [0.25, 0.3) is 0 Å². The minimum atomic E-state index is 0.684. The SMILES string of the molecule is CCOc1ccc(NN)c(SC)c1. The van der Waals surface area contributed by atoms with Crippen LogP contribution in [0.15, 0.2) is 23.1 Å². The maximum absolute atomic E-state index is 5.37. The van der Waals surface area contributed by atoms with Crippen LogP contribution < -0.4 is 16.0 Å². The van der Waals surface area contributed by atoms with Gasteiger partial charge in [-0.3, -0.25) is 5.84 Å². The Balaban J connectivity index is 2.91. The molecule has 72 valence electrons. The van der Waals surface area contributed by atoms with E-state index in [4.69, 9.17) is 10.6 Å². The van der Waals surface area contributed by atoms with Crippen LogP contribution in [0.25, 0.3) is 0 Å². The Morgan fingerprint density at radius 2 is 2.31 bits per heavy atom. The maximum Gasteiger partial charge on any atom is 0.120 e. The quantitative estimate of drug-likeness (QED) is 0.442. The lowest BCUT2D eigenvalue weighted by Gasteiger charge is -2.09. The van der Waals surface area contributed by atoms with E-state index in [0.29, 0.717) is 6.61 Å². The molecule has 0 heterocycles. The van der Waals surface area contributed by atoms with Crippen LogP contribution in [-0.4, -0.2) is 12.9 Å². The van der Waals surface area contributed by atoms with Crippen LogP contribution in [0.2, 0.25) is 0 Å². The number of nitrogen functional groups attached to an aromatic ring is 1. The third-order valence-corrected chi connectivity index (χ3v) is 2.42. The lowest BCUT2D eigenvalue weighted by Crippen LogP contribution is -2.07. The van der Waals surface area contributed by atoms with Crippen molar-refractivity contribution in [1.82, 2.24) is 0 Å². The maximum atomic E-state index is 5.37. The fourth-order valence-corrected chi connectivity index (χ4v) is 1.63. The molecule has 3 nitrogen and oxygen atoms in total. The molecule has 3 N–H and O–H groups in total. The first-order valence-corrected chi connectivity index (χ1v) is 5.31. The second kappa shape index (κ2) is 4.99. The molecule has 0 amide bonds. The Hall–Kier alpha value is -0.870. The van der Waals surface area contributed by atoms with Crippen LogP contribution in [0.3, 0.4) is 0 Å². The van der Waals surface area contributed by atoms with Crippen LogP contribution in [0.1, 0.15) is 6.92 Å². The van der Waals surface area contributed by atoms with Crippen LogP contribution >= 0.6 is 11.8 Å². The van der Waals surface area contributed by atoms with Gasteiger partial charge in [0, 0.05) is 4.90 Å². The Morgan fingerprint density at radius 1 is 1.54 bits per heavy atom. The van der Waals surface area contributed by atoms with E-state index in [9.17, 15) is 0 Å². The highest BCUT2D eigenvalue weighted by atomic mass is 32.2. The Kier molecular flexibility index (Phi) is 3.92. The molecule has 0 atom stereocenters. The van der Waals surface area contributed by atoms with Crippen molar-refractivity contribution in [2.24, 2.45) is 5.84 Å². The van der Waals surface area contributed by atoms with E-state index in [-0.39, 0.29) is 0 Å². The van der Waals surface area contributed by atoms with Crippen LogP contribution in [-0.2, 0) is 0 Å². The molecule has 0 spiro atoms. The summed E-state index contributed by atoms with van der Waals surface area (Å²) in [6.45, 7) is 2.65. The molecule has 0 aliphatic carbocycles. The molecule has 0 fully saturated rings. The van der Waals surface area contributed by atoms with E-state index in [1.807, 2.05) is 31.4 Å². The summed E-state index contributed by atoms with van der Waals surface area (Å²) in [6, 6.07) is 5.79. The van der Waals surface area contributed by atoms with Crippen LogP contribution in [0, 0.1) is 0 Å². The lowest BCUT2D eigenvalue weighted by atomic mass is 10.3. The molecular weight excluding hydrogens is 184 g/mol. The Bertz CT molecular complexity index is 278. The Labute approximate surface area is 82.6 Å². The van der Waals surface area contributed by atoms with Gasteiger partial charge in [0.2, 0.25) is 0 Å². The van der Waals surface area contributed by atoms with Gasteiger partial charge in [0.15, 0.2) is 0 Å². The van der Waals surface area contributed by atoms with Gasteiger partial charge in [-0.25, -0.2) is 0 Å². The molecule has 4 heteroatoms. The highest BCUT2D eigenvalue weighted by Gasteiger charge is 2.01. The normalized spacial score (nSPS) is 9.77. The second-order valence-electron chi connectivity index (χ2n) is 2.44. The molecule has 1 aromatic rings. The van der Waals surface area contributed by atoms with Gasteiger partial charge in [0.05, 0.1) is 12.3 Å². The monoisotopic (exact) mass is 198 g/mol. The smallest absolute Gasteiger partial charge is 0.120 e. The van der Waals surface area contributed by atoms with Gasteiger partial charge in [-0.1, -0.05) is 0 Å². The van der Waals surface area contributed by atoms with Crippen molar-refractivity contribution in [3.8, 4) is 5.75 Å². The zero-order valence-electron chi connectivity index (χ0n) is 7.83. The van der Waals surface area contributed by atoms with Crippen molar-refractivity contribution in [2.75, 3.05) is 18.3 Å². The van der Waals surface area contributed by atoms with Gasteiger partial charge in [-0.15, -0.1) is 11.8 Å². The largest absolute Gasteiger partial charge is 0.494 e. The van der Waals surface area contributed by atoms with Crippen LogP contribution in [0.5, 0.6) is 5.75 Å². The number of hydrazine groups is 1. The summed E-state index contributed by atoms with van der Waals surface area (Å²) in [6.07, 6.45) is 2.01. The number of hydrogen-bond acceptors (Lipinski definition) is 4. The summed E-state index contributed by atoms with van der Waals surface area (Å²) in [5.41, 5.74) is 3.57. The number of hydrogen-bond donors (Lipinski definition) is 2. The molecule has 1 rings (SSSR count). The highest BCUT2D eigenvalue weighted by molar-refractivity contribution is 7.98. The summed E-state index contributed by atoms with van der Waals surface area (Å²) < 4.78 is 5.37. The summed E-state index contributed by atoms with van der Waals surface area (Å²) in [7, 11) is 0. The zero-order chi connectivity index (χ0) is 9.68. The molecule has 0 aliphatic heterocycles. The first-order chi connectivity index (χ1) is 6.31. The zero-order valence-corrected chi connectivity index (χ0v) is 8.65. The van der Waals surface area contributed by atoms with Crippen molar-refractivity contribution < 1.29 is 4.74 Å². The molecule has 0 unspecified atom stereocenters. The van der Waals surface area contributed by atoms with Crippen molar-refractivity contribution in [3.05, 3.63) is 18.2 Å². The molecule has 0 radical (unpaired) electrons. The minimum Gasteiger partial charge on any atom is -0.494 e. The summed E-state index contributed by atoms with van der Waals surface area (Å²) in [4.78, 5) is 1.09. The lowest BCUT2D eigenvalue weighted by molar-refractivity contribution is 0.339. The fraction of sp³-hybridized carbons (Fsp3) is 0.333. The van der Waals surface area contributed by atoms with Gasteiger partial charge in [-0.05, 0) is 31.4 Å². The van der Waals surface area contributed by atoms with Gasteiger partial charge < -0.3 is 10.2 Å². The number of thioether (sulfide) groups is 1. The third-order valence-electron chi connectivity index (χ3n) is 1.64. The summed E-state index contributed by atoms with van der Waals surface area (Å²) in [5.74, 6) is 6.23. The van der Waals surface area contributed by atoms with Crippen LogP contribution in [0.4, 0.5) is 5.69 Å². The third kappa shape index (κ3) is 2.54. The topological polar surface area (TPSA) is 47.3 Å². The van der Waals surface area contributed by atoms with E-state index < -0.39 is 0 Å². The molecule has 0 aromatic heterocycles. The number of benzene rings is 1. The van der Waals surface area contributed by atoms with E-state index >= 15 is 0 Å². The van der Waals surface area contributed by atoms with E-state index in [1.54, 1.807) is 11.8 Å². The van der Waals surface area contributed by atoms with E-state index in [1.165, 1.54) is 0 Å². The van der Waals surface area contributed by atoms with Gasteiger partial charge in [-0.2, -0.15) is 0 Å². The highest BCUT2D eigenvalue weighted by Crippen LogP contribution is 2.28. The molecule has 1 aromatic carbocycles. The van der Waals surface area contributed by atoms with E-state index in [0.717, 1.165) is 16.3 Å². The number of rotatable bonds is 4. The molecule has 0 saturated heterocycles. The fourth-order valence-electron chi connectivity index (χ4n) is 1.05. The average Bonchev–Trinajstić information content (AvgIpc) is 2.18. The summed E-state index contributed by atoms with van der Waals surface area (Å²) >= 11 is 1.64. The van der Waals surface area contributed by atoms with Crippen molar-refractivity contribution in [3.63, 3.8) is 0 Å². The van der Waals surface area contributed by atoms with E-state index in [2.05, 4.69) is 5.43 Å². The average molecular weight is 198 g/mol. The predicted molar refractivity (Wildman–Crippen MR) is 57.2 cm³/mol. The first-order valence-electron chi connectivity index (χ1n) is 4.09. The standard InChI is InChI=1S/C9H14N2OS/c1-3-12-7-4-5-8(11-10)9(6-7)13-2/h4-6,11H,3,10H2,1-2H3. The first kappa shape index (κ1) is 10.2. The molecule has 0 bridgehead atoms.